The van der Waals surface area contributed by atoms with Crippen molar-refractivity contribution < 1.29 is 13.9 Å². The third-order valence-corrected chi connectivity index (χ3v) is 4.21. The second-order valence-corrected chi connectivity index (χ2v) is 6.15. The number of anilines is 1. The van der Waals surface area contributed by atoms with Crippen molar-refractivity contribution in [1.82, 2.24) is 10.2 Å². The summed E-state index contributed by atoms with van der Waals surface area (Å²) in [6.45, 7) is 1.91. The Kier molecular flexibility index (Phi) is 5.53. The smallest absolute Gasteiger partial charge is 0.247 e. The lowest BCUT2D eigenvalue weighted by atomic mass is 10.2. The van der Waals surface area contributed by atoms with E-state index in [2.05, 4.69) is 15.5 Å². The molecule has 0 radical (unpaired) electrons. The van der Waals surface area contributed by atoms with Gasteiger partial charge >= 0.3 is 0 Å². The monoisotopic (exact) mass is 371 g/mol. The Morgan fingerprint density at radius 1 is 1.23 bits per heavy atom. The number of methoxy groups -OCH3 is 1. The van der Waals surface area contributed by atoms with Crippen LogP contribution >= 0.6 is 11.6 Å². The van der Waals surface area contributed by atoms with Gasteiger partial charge in [-0.15, -0.1) is 10.2 Å². The van der Waals surface area contributed by atoms with E-state index in [1.807, 2.05) is 43.3 Å². The Labute approximate surface area is 156 Å². The number of benzene rings is 2. The van der Waals surface area contributed by atoms with Crippen molar-refractivity contribution in [2.24, 2.45) is 0 Å². The molecule has 0 aliphatic rings. The fourth-order valence-electron chi connectivity index (χ4n) is 2.34. The van der Waals surface area contributed by atoms with Crippen molar-refractivity contribution in [3.05, 3.63) is 58.9 Å². The zero-order valence-corrected chi connectivity index (χ0v) is 15.2. The van der Waals surface area contributed by atoms with E-state index >= 15 is 0 Å². The molecular weight excluding hydrogens is 354 g/mol. The lowest BCUT2D eigenvalue weighted by Gasteiger charge is -2.06. The number of hydrogen-bond donors (Lipinski definition) is 1. The number of aryl methyl sites for hydroxylation is 2. The van der Waals surface area contributed by atoms with Crippen LogP contribution in [0.1, 0.15) is 17.9 Å². The number of amides is 1. The molecular formula is C19H18ClN3O3. The molecule has 26 heavy (non-hydrogen) atoms. The van der Waals surface area contributed by atoms with Gasteiger partial charge in [0.2, 0.25) is 17.7 Å². The van der Waals surface area contributed by atoms with E-state index in [0.717, 1.165) is 11.1 Å². The van der Waals surface area contributed by atoms with Crippen LogP contribution in [-0.2, 0) is 11.2 Å². The van der Waals surface area contributed by atoms with Crippen LogP contribution in [0.25, 0.3) is 11.5 Å². The van der Waals surface area contributed by atoms with E-state index in [4.69, 9.17) is 20.8 Å². The maximum Gasteiger partial charge on any atom is 0.247 e. The molecule has 1 amide bonds. The summed E-state index contributed by atoms with van der Waals surface area (Å²) in [5.74, 6) is 1.36. The molecule has 3 rings (SSSR count). The fourth-order valence-corrected chi connectivity index (χ4v) is 2.52. The van der Waals surface area contributed by atoms with Crippen molar-refractivity contribution in [3.63, 3.8) is 0 Å². The molecule has 1 aromatic heterocycles. The van der Waals surface area contributed by atoms with Gasteiger partial charge in [-0.05, 0) is 42.8 Å². The Balaban J connectivity index is 1.58. The highest BCUT2D eigenvalue weighted by Crippen LogP contribution is 2.23. The molecule has 1 heterocycles. The molecule has 3 aromatic rings. The van der Waals surface area contributed by atoms with Gasteiger partial charge in [0.05, 0.1) is 7.11 Å². The maximum absolute atomic E-state index is 12.1. The highest BCUT2D eigenvalue weighted by molar-refractivity contribution is 6.31. The number of nitrogens with zero attached hydrogens (tertiary/aromatic N) is 2. The molecule has 0 spiro atoms. The van der Waals surface area contributed by atoms with Crippen molar-refractivity contribution >= 4 is 23.2 Å². The van der Waals surface area contributed by atoms with E-state index in [1.54, 1.807) is 13.2 Å². The predicted octanol–water partition coefficient (Wildman–Crippen LogP) is 4.28. The summed E-state index contributed by atoms with van der Waals surface area (Å²) in [7, 11) is 1.60. The molecule has 0 saturated heterocycles. The van der Waals surface area contributed by atoms with E-state index in [0.29, 0.717) is 34.7 Å². The molecule has 0 aliphatic heterocycles. The third-order valence-electron chi connectivity index (χ3n) is 3.81. The van der Waals surface area contributed by atoms with Gasteiger partial charge in [-0.2, -0.15) is 0 Å². The Bertz CT molecular complexity index is 924. The number of hydrogen-bond acceptors (Lipinski definition) is 5. The van der Waals surface area contributed by atoms with E-state index in [-0.39, 0.29) is 12.3 Å². The van der Waals surface area contributed by atoms with Gasteiger partial charge in [-0.25, -0.2) is 0 Å². The average molecular weight is 372 g/mol. The van der Waals surface area contributed by atoms with E-state index < -0.39 is 0 Å². The molecule has 0 atom stereocenters. The van der Waals surface area contributed by atoms with Crippen LogP contribution in [-0.4, -0.2) is 23.2 Å². The minimum absolute atomic E-state index is 0.147. The second kappa shape index (κ2) is 8.01. The van der Waals surface area contributed by atoms with Crippen LogP contribution in [0.3, 0.4) is 0 Å². The first kappa shape index (κ1) is 17.9. The summed E-state index contributed by atoms with van der Waals surface area (Å²) in [4.78, 5) is 12.1. The standard InChI is InChI=1S/C19H18ClN3O3/c1-12-6-7-14(11-16(12)20)21-17(24)8-9-18-22-23-19(26-18)13-4-3-5-15(10-13)25-2/h3-7,10-11H,8-9H2,1-2H3,(H,21,24). The lowest BCUT2D eigenvalue weighted by molar-refractivity contribution is -0.116. The number of rotatable bonds is 6. The summed E-state index contributed by atoms with van der Waals surface area (Å²) in [6, 6.07) is 12.7. The minimum Gasteiger partial charge on any atom is -0.497 e. The first-order valence-electron chi connectivity index (χ1n) is 8.08. The molecule has 0 fully saturated rings. The van der Waals surface area contributed by atoms with Crippen LogP contribution < -0.4 is 10.1 Å². The highest BCUT2D eigenvalue weighted by Gasteiger charge is 2.11. The fraction of sp³-hybridized carbons (Fsp3) is 0.211. The molecule has 134 valence electrons. The van der Waals surface area contributed by atoms with Gasteiger partial charge in [0, 0.05) is 29.1 Å². The first-order valence-corrected chi connectivity index (χ1v) is 8.46. The first-order chi connectivity index (χ1) is 12.5. The van der Waals surface area contributed by atoms with Crippen LogP contribution in [0.15, 0.2) is 46.9 Å². The lowest BCUT2D eigenvalue weighted by Crippen LogP contribution is -2.12. The van der Waals surface area contributed by atoms with E-state index in [1.165, 1.54) is 0 Å². The van der Waals surface area contributed by atoms with Crippen LogP contribution in [0.4, 0.5) is 5.69 Å². The zero-order valence-electron chi connectivity index (χ0n) is 14.5. The SMILES string of the molecule is COc1cccc(-c2nnc(CCC(=O)Nc3ccc(C)c(Cl)c3)o2)c1. The van der Waals surface area contributed by atoms with Gasteiger partial charge in [0.1, 0.15) is 5.75 Å². The Hall–Kier alpha value is -2.86. The molecule has 2 aromatic carbocycles. The summed E-state index contributed by atoms with van der Waals surface area (Å²) in [6.07, 6.45) is 0.577. The molecule has 0 saturated carbocycles. The largest absolute Gasteiger partial charge is 0.497 e. The van der Waals surface area contributed by atoms with Gasteiger partial charge < -0.3 is 14.5 Å². The van der Waals surface area contributed by atoms with Crippen molar-refractivity contribution in [1.29, 1.82) is 0 Å². The van der Waals surface area contributed by atoms with Crippen LogP contribution in [0, 0.1) is 6.92 Å². The summed E-state index contributed by atoms with van der Waals surface area (Å²) < 4.78 is 10.8. The highest BCUT2D eigenvalue weighted by atomic mass is 35.5. The normalized spacial score (nSPS) is 10.6. The Morgan fingerprint density at radius 3 is 2.85 bits per heavy atom. The molecule has 6 nitrogen and oxygen atoms in total. The van der Waals surface area contributed by atoms with Gasteiger partial charge in [-0.1, -0.05) is 23.7 Å². The van der Waals surface area contributed by atoms with E-state index in [9.17, 15) is 4.79 Å². The van der Waals surface area contributed by atoms with Crippen molar-refractivity contribution in [2.75, 3.05) is 12.4 Å². The summed E-state index contributed by atoms with van der Waals surface area (Å²) >= 11 is 6.06. The number of nitrogens with one attached hydrogen (secondary N) is 1. The van der Waals surface area contributed by atoms with Crippen molar-refractivity contribution in [3.8, 4) is 17.2 Å². The third kappa shape index (κ3) is 4.40. The summed E-state index contributed by atoms with van der Waals surface area (Å²) in [5, 5.41) is 11.4. The second-order valence-electron chi connectivity index (χ2n) is 5.75. The van der Waals surface area contributed by atoms with Gasteiger partial charge in [0.15, 0.2) is 0 Å². The molecule has 0 unspecified atom stereocenters. The number of aromatic nitrogens is 2. The van der Waals surface area contributed by atoms with Crippen molar-refractivity contribution in [2.45, 2.75) is 19.8 Å². The molecule has 0 bridgehead atoms. The molecule has 0 aliphatic carbocycles. The van der Waals surface area contributed by atoms with Gasteiger partial charge in [-0.3, -0.25) is 4.79 Å². The quantitative estimate of drug-likeness (QED) is 0.699. The van der Waals surface area contributed by atoms with Crippen LogP contribution in [0.5, 0.6) is 5.75 Å². The zero-order chi connectivity index (χ0) is 18.5. The van der Waals surface area contributed by atoms with Crippen LogP contribution in [0.2, 0.25) is 5.02 Å². The topological polar surface area (TPSA) is 77.2 Å². The number of carbonyl (C=O) groups is 1. The predicted molar refractivity (Wildman–Crippen MR) is 99.4 cm³/mol. The minimum atomic E-state index is -0.147. The Morgan fingerprint density at radius 2 is 2.08 bits per heavy atom. The average Bonchev–Trinajstić information content (AvgIpc) is 3.12. The maximum atomic E-state index is 12.1. The van der Waals surface area contributed by atoms with Gasteiger partial charge in [0.25, 0.3) is 0 Å². The number of halogens is 1. The molecule has 1 N–H and O–H groups in total. The number of carbonyl (C=O) groups excluding carboxylic acids is 1. The number of ether oxygens (including phenoxy) is 1. The molecule has 7 heteroatoms. The summed E-state index contributed by atoms with van der Waals surface area (Å²) in [5.41, 5.74) is 2.38.